The Labute approximate surface area is 148 Å². The molecule has 0 fully saturated rings. The molecule has 0 aliphatic carbocycles. The van der Waals surface area contributed by atoms with Crippen LogP contribution in [-0.2, 0) is 9.59 Å². The van der Waals surface area contributed by atoms with Gasteiger partial charge in [0.05, 0.1) is 12.1 Å². The molecule has 0 unspecified atom stereocenters. The standard InChI is InChI=1S/C18H15N3O3S/c22-16(23)8-11-25-18-20-15(12-13-6-9-19-10-7-13)17(24)21(18)14-4-2-1-3-5-14/h1-7,9-10,12H,8,11H2,(H,22,23)/b15-12+. The summed E-state index contributed by atoms with van der Waals surface area (Å²) in [6.07, 6.45) is 4.99. The molecule has 0 atom stereocenters. The molecule has 1 N–H and O–H groups in total. The number of nitrogens with zero attached hydrogens (tertiary/aromatic N) is 3. The van der Waals surface area contributed by atoms with Crippen LogP contribution in [0.4, 0.5) is 5.69 Å². The SMILES string of the molecule is O=C(O)CCSC1=N/C(=C/c2ccncc2)C(=O)N1c1ccccc1. The molecule has 2 aromatic rings. The predicted molar refractivity (Wildman–Crippen MR) is 98.3 cm³/mol. The van der Waals surface area contributed by atoms with Gasteiger partial charge in [-0.25, -0.2) is 4.99 Å². The number of carbonyl (C=O) groups is 2. The second kappa shape index (κ2) is 7.76. The van der Waals surface area contributed by atoms with E-state index in [0.29, 0.717) is 22.3 Å². The minimum absolute atomic E-state index is 0.00388. The van der Waals surface area contributed by atoms with Crippen LogP contribution in [-0.4, -0.2) is 32.9 Å². The van der Waals surface area contributed by atoms with Gasteiger partial charge in [-0.2, -0.15) is 0 Å². The average Bonchev–Trinajstić information content (AvgIpc) is 2.92. The first-order valence-corrected chi connectivity index (χ1v) is 8.58. The molecule has 6 nitrogen and oxygen atoms in total. The van der Waals surface area contributed by atoms with Gasteiger partial charge in [-0.15, -0.1) is 0 Å². The van der Waals surface area contributed by atoms with Gasteiger partial charge in [0.1, 0.15) is 5.70 Å². The van der Waals surface area contributed by atoms with Crippen LogP contribution < -0.4 is 4.90 Å². The zero-order valence-corrected chi connectivity index (χ0v) is 14.0. The molecule has 25 heavy (non-hydrogen) atoms. The van der Waals surface area contributed by atoms with Crippen LogP contribution in [0.25, 0.3) is 6.08 Å². The lowest BCUT2D eigenvalue weighted by molar-refractivity contribution is -0.136. The Bertz CT molecular complexity index is 835. The lowest BCUT2D eigenvalue weighted by atomic mass is 10.2. The summed E-state index contributed by atoms with van der Waals surface area (Å²) in [6, 6.07) is 12.8. The Kier molecular flexibility index (Phi) is 5.25. The van der Waals surface area contributed by atoms with Gasteiger partial charge in [0.15, 0.2) is 5.17 Å². The van der Waals surface area contributed by atoms with Gasteiger partial charge in [0, 0.05) is 18.1 Å². The van der Waals surface area contributed by atoms with Crippen LogP contribution >= 0.6 is 11.8 Å². The monoisotopic (exact) mass is 353 g/mol. The summed E-state index contributed by atoms with van der Waals surface area (Å²) in [5.41, 5.74) is 1.84. The first kappa shape index (κ1) is 16.9. The van der Waals surface area contributed by atoms with Gasteiger partial charge < -0.3 is 5.11 Å². The lowest BCUT2D eigenvalue weighted by Crippen LogP contribution is -2.30. The van der Waals surface area contributed by atoms with Crippen molar-refractivity contribution in [3.63, 3.8) is 0 Å². The van der Waals surface area contributed by atoms with E-state index in [-0.39, 0.29) is 12.3 Å². The van der Waals surface area contributed by atoms with E-state index >= 15 is 0 Å². The third-order valence-electron chi connectivity index (χ3n) is 3.40. The van der Waals surface area contributed by atoms with Crippen LogP contribution in [0.5, 0.6) is 0 Å². The quantitative estimate of drug-likeness (QED) is 0.836. The number of hydrogen-bond donors (Lipinski definition) is 1. The van der Waals surface area contributed by atoms with E-state index < -0.39 is 5.97 Å². The zero-order valence-electron chi connectivity index (χ0n) is 13.2. The van der Waals surface area contributed by atoms with Crippen LogP contribution in [0, 0.1) is 0 Å². The summed E-state index contributed by atoms with van der Waals surface area (Å²) in [5.74, 6) is -0.773. The van der Waals surface area contributed by atoms with Gasteiger partial charge >= 0.3 is 5.97 Å². The fourth-order valence-corrected chi connectivity index (χ4v) is 3.18. The highest BCUT2D eigenvalue weighted by Crippen LogP contribution is 2.29. The second-order valence-electron chi connectivity index (χ2n) is 5.17. The number of carboxylic acids is 1. The number of pyridine rings is 1. The maximum Gasteiger partial charge on any atom is 0.304 e. The Hall–Kier alpha value is -2.93. The molecule has 0 spiro atoms. The van der Waals surface area contributed by atoms with Crippen molar-refractivity contribution in [1.29, 1.82) is 0 Å². The van der Waals surface area contributed by atoms with Gasteiger partial charge in [0.25, 0.3) is 5.91 Å². The number of aliphatic carboxylic acids is 1. The van der Waals surface area contributed by atoms with E-state index in [9.17, 15) is 9.59 Å². The molecule has 1 amide bonds. The number of thioether (sulfide) groups is 1. The molecule has 1 aliphatic rings. The molecule has 7 heteroatoms. The summed E-state index contributed by atoms with van der Waals surface area (Å²) in [4.78, 5) is 33.4. The first-order chi connectivity index (χ1) is 12.1. The number of para-hydroxylation sites is 1. The van der Waals surface area contributed by atoms with Gasteiger partial charge in [-0.3, -0.25) is 19.5 Å². The van der Waals surface area contributed by atoms with E-state index in [1.165, 1.54) is 16.7 Å². The number of aliphatic imine (C=N–C) groups is 1. The number of anilines is 1. The van der Waals surface area contributed by atoms with Crippen LogP contribution in [0.15, 0.2) is 65.5 Å². The van der Waals surface area contributed by atoms with Crippen LogP contribution in [0.3, 0.4) is 0 Å². The molecule has 0 saturated carbocycles. The number of carboxylic acid groups (broad SMARTS) is 1. The van der Waals surface area contributed by atoms with Crippen molar-refractivity contribution in [2.45, 2.75) is 6.42 Å². The normalized spacial score (nSPS) is 15.5. The third kappa shape index (κ3) is 4.13. The van der Waals surface area contributed by atoms with Crippen molar-refractivity contribution in [3.8, 4) is 0 Å². The van der Waals surface area contributed by atoms with E-state index in [0.717, 1.165) is 5.56 Å². The smallest absolute Gasteiger partial charge is 0.304 e. The van der Waals surface area contributed by atoms with E-state index in [1.807, 2.05) is 30.3 Å². The largest absolute Gasteiger partial charge is 0.481 e. The highest BCUT2D eigenvalue weighted by atomic mass is 32.2. The fraction of sp³-hybridized carbons (Fsp3) is 0.111. The van der Waals surface area contributed by atoms with Crippen molar-refractivity contribution < 1.29 is 14.7 Å². The molecule has 1 aromatic carbocycles. The number of aromatic nitrogens is 1. The molecule has 0 radical (unpaired) electrons. The Morgan fingerprint density at radius 3 is 2.56 bits per heavy atom. The lowest BCUT2D eigenvalue weighted by Gasteiger charge is -2.17. The second-order valence-corrected chi connectivity index (χ2v) is 6.23. The van der Waals surface area contributed by atoms with Gasteiger partial charge in [-0.05, 0) is 35.9 Å². The Balaban J connectivity index is 1.91. The third-order valence-corrected chi connectivity index (χ3v) is 4.34. The molecule has 1 aromatic heterocycles. The number of hydrogen-bond acceptors (Lipinski definition) is 5. The first-order valence-electron chi connectivity index (χ1n) is 7.59. The zero-order chi connectivity index (χ0) is 17.6. The molecule has 126 valence electrons. The van der Waals surface area contributed by atoms with Crippen molar-refractivity contribution >= 4 is 40.6 Å². The summed E-state index contributed by atoms with van der Waals surface area (Å²) in [6.45, 7) is 0. The summed E-state index contributed by atoms with van der Waals surface area (Å²) >= 11 is 1.25. The predicted octanol–water partition coefficient (Wildman–Crippen LogP) is 3.03. The average molecular weight is 353 g/mol. The molecule has 0 saturated heterocycles. The minimum atomic E-state index is -0.878. The van der Waals surface area contributed by atoms with Crippen molar-refractivity contribution in [1.82, 2.24) is 4.98 Å². The number of rotatable bonds is 5. The van der Waals surface area contributed by atoms with Crippen LogP contribution in [0.2, 0.25) is 0 Å². The summed E-state index contributed by atoms with van der Waals surface area (Å²) in [7, 11) is 0. The number of amides is 1. The molecular formula is C18H15N3O3S. The Morgan fingerprint density at radius 2 is 1.88 bits per heavy atom. The molecule has 2 heterocycles. The highest BCUT2D eigenvalue weighted by molar-refractivity contribution is 8.14. The maximum absolute atomic E-state index is 12.8. The number of carbonyl (C=O) groups excluding carboxylic acids is 1. The molecule has 0 bridgehead atoms. The molecule has 1 aliphatic heterocycles. The minimum Gasteiger partial charge on any atom is -0.481 e. The summed E-state index contributed by atoms with van der Waals surface area (Å²) in [5, 5.41) is 9.30. The van der Waals surface area contributed by atoms with Crippen LogP contribution in [0.1, 0.15) is 12.0 Å². The van der Waals surface area contributed by atoms with Crippen molar-refractivity contribution in [3.05, 3.63) is 66.1 Å². The maximum atomic E-state index is 12.8. The molecular weight excluding hydrogens is 338 g/mol. The van der Waals surface area contributed by atoms with Gasteiger partial charge in [-0.1, -0.05) is 30.0 Å². The number of benzene rings is 1. The topological polar surface area (TPSA) is 82.9 Å². The van der Waals surface area contributed by atoms with Crippen molar-refractivity contribution in [2.24, 2.45) is 4.99 Å². The van der Waals surface area contributed by atoms with E-state index in [2.05, 4.69) is 9.98 Å². The van der Waals surface area contributed by atoms with Crippen molar-refractivity contribution in [2.75, 3.05) is 10.7 Å². The fourth-order valence-electron chi connectivity index (χ4n) is 2.25. The summed E-state index contributed by atoms with van der Waals surface area (Å²) < 4.78 is 0. The van der Waals surface area contributed by atoms with Gasteiger partial charge in [0.2, 0.25) is 0 Å². The molecule has 3 rings (SSSR count). The van der Waals surface area contributed by atoms with E-state index in [1.54, 1.807) is 30.6 Å². The Morgan fingerprint density at radius 1 is 1.16 bits per heavy atom. The number of amidine groups is 1. The van der Waals surface area contributed by atoms with E-state index in [4.69, 9.17) is 5.11 Å². The highest BCUT2D eigenvalue weighted by Gasteiger charge is 2.31.